The van der Waals surface area contributed by atoms with E-state index in [1.807, 2.05) is 19.1 Å². The molecule has 0 bridgehead atoms. The Morgan fingerprint density at radius 2 is 1.41 bits per heavy atom. The summed E-state index contributed by atoms with van der Waals surface area (Å²) in [6.45, 7) is 6.08. The predicted octanol–water partition coefficient (Wildman–Crippen LogP) is 3.09. The molecule has 0 aromatic heterocycles. The Bertz CT molecular complexity index is 1000. The van der Waals surface area contributed by atoms with Crippen molar-refractivity contribution in [3.8, 4) is 16.9 Å². The monoisotopic (exact) mass is 384 g/mol. The van der Waals surface area contributed by atoms with E-state index in [9.17, 15) is 5.11 Å². The number of piperazine rings is 1. The van der Waals surface area contributed by atoms with Gasteiger partial charge in [0.05, 0.1) is 31.9 Å². The summed E-state index contributed by atoms with van der Waals surface area (Å²) in [5.41, 5.74) is 7.75. The van der Waals surface area contributed by atoms with Gasteiger partial charge in [0.2, 0.25) is 0 Å². The van der Waals surface area contributed by atoms with E-state index in [1.54, 1.807) is 17.0 Å². The summed E-state index contributed by atoms with van der Waals surface area (Å²) in [4.78, 5) is 1.62. The highest BCUT2D eigenvalue weighted by Gasteiger charge is 2.37. The van der Waals surface area contributed by atoms with Gasteiger partial charge >= 0.3 is 0 Å². The zero-order valence-corrected chi connectivity index (χ0v) is 16.7. The molecule has 5 rings (SSSR count). The van der Waals surface area contributed by atoms with E-state index in [0.29, 0.717) is 6.04 Å². The molecular weight excluding hydrogens is 358 g/mol. The molecule has 1 fully saturated rings. The summed E-state index contributed by atoms with van der Waals surface area (Å²) < 4.78 is 0. The number of quaternary nitrogens is 1. The van der Waals surface area contributed by atoms with Crippen molar-refractivity contribution < 1.29 is 10.0 Å². The van der Waals surface area contributed by atoms with Gasteiger partial charge in [-0.05, 0) is 47.9 Å². The summed E-state index contributed by atoms with van der Waals surface area (Å²) in [6.07, 6.45) is 0. The molecule has 0 saturated carbocycles. The molecule has 3 aromatic rings. The third-order valence-corrected chi connectivity index (χ3v) is 6.20. The number of rotatable bonds is 3. The second kappa shape index (κ2) is 7.37. The first kappa shape index (κ1) is 18.0. The number of nitrogens with zero attached hydrogens (tertiary/aromatic N) is 2. The van der Waals surface area contributed by atoms with Crippen LogP contribution < -0.4 is 4.90 Å². The molecule has 1 saturated heterocycles. The van der Waals surface area contributed by atoms with Crippen molar-refractivity contribution in [2.24, 2.45) is 5.10 Å². The minimum Gasteiger partial charge on any atom is -0.508 e. The van der Waals surface area contributed by atoms with Crippen LogP contribution in [0.15, 0.2) is 77.9 Å². The van der Waals surface area contributed by atoms with Crippen LogP contribution in [0.4, 0.5) is 0 Å². The average molecular weight is 385 g/mol. The Morgan fingerprint density at radius 3 is 2.00 bits per heavy atom. The SMILES string of the molecule is C/C(=N\N1CC[NH+](C2c3ccccc3-c3ccccc32)CC1)c1ccc(O)cc1. The van der Waals surface area contributed by atoms with Crippen molar-refractivity contribution in [1.29, 1.82) is 0 Å². The number of hydrazone groups is 1. The molecule has 0 atom stereocenters. The maximum atomic E-state index is 9.48. The lowest BCUT2D eigenvalue weighted by Gasteiger charge is -2.35. The van der Waals surface area contributed by atoms with Crippen molar-refractivity contribution in [3.05, 3.63) is 89.5 Å². The van der Waals surface area contributed by atoms with E-state index in [4.69, 9.17) is 5.10 Å². The topological polar surface area (TPSA) is 40.3 Å². The van der Waals surface area contributed by atoms with Gasteiger partial charge in [-0.15, -0.1) is 0 Å². The smallest absolute Gasteiger partial charge is 0.140 e. The van der Waals surface area contributed by atoms with Crippen LogP contribution in [0.5, 0.6) is 5.75 Å². The van der Waals surface area contributed by atoms with E-state index in [2.05, 4.69) is 53.5 Å². The van der Waals surface area contributed by atoms with E-state index in [0.717, 1.165) is 37.5 Å². The summed E-state index contributed by atoms with van der Waals surface area (Å²) in [5.74, 6) is 0.288. The van der Waals surface area contributed by atoms with Crippen LogP contribution in [0.1, 0.15) is 29.7 Å². The molecule has 4 nitrogen and oxygen atoms in total. The highest BCUT2D eigenvalue weighted by molar-refractivity contribution is 5.98. The minimum atomic E-state index is 0.288. The third kappa shape index (κ3) is 3.30. The van der Waals surface area contributed by atoms with Gasteiger partial charge in [-0.2, -0.15) is 5.10 Å². The molecule has 146 valence electrons. The van der Waals surface area contributed by atoms with Crippen LogP contribution in [0.3, 0.4) is 0 Å². The van der Waals surface area contributed by atoms with Crippen molar-refractivity contribution >= 4 is 5.71 Å². The first-order chi connectivity index (χ1) is 14.2. The quantitative estimate of drug-likeness (QED) is 0.682. The van der Waals surface area contributed by atoms with Crippen LogP contribution in [0, 0.1) is 0 Å². The fourth-order valence-corrected chi connectivity index (χ4v) is 4.74. The molecule has 1 aliphatic heterocycles. The van der Waals surface area contributed by atoms with Gasteiger partial charge in [0.1, 0.15) is 11.8 Å². The zero-order chi connectivity index (χ0) is 19.8. The molecule has 4 heteroatoms. The lowest BCUT2D eigenvalue weighted by Crippen LogP contribution is -3.14. The largest absolute Gasteiger partial charge is 0.508 e. The van der Waals surface area contributed by atoms with Crippen molar-refractivity contribution in [3.63, 3.8) is 0 Å². The zero-order valence-electron chi connectivity index (χ0n) is 16.7. The van der Waals surface area contributed by atoms with Gasteiger partial charge in [-0.25, -0.2) is 0 Å². The number of phenols is 1. The van der Waals surface area contributed by atoms with Crippen LogP contribution in [0.2, 0.25) is 0 Å². The molecule has 0 radical (unpaired) electrons. The summed E-state index contributed by atoms with van der Waals surface area (Å²) >= 11 is 0. The molecule has 0 unspecified atom stereocenters. The lowest BCUT2D eigenvalue weighted by molar-refractivity contribution is -0.929. The van der Waals surface area contributed by atoms with E-state index >= 15 is 0 Å². The number of aromatic hydroxyl groups is 1. The molecule has 2 N–H and O–H groups in total. The number of fused-ring (bicyclic) bond motifs is 3. The Kier molecular flexibility index (Phi) is 4.57. The van der Waals surface area contributed by atoms with Gasteiger partial charge in [0.15, 0.2) is 0 Å². The van der Waals surface area contributed by atoms with Gasteiger partial charge in [0.25, 0.3) is 0 Å². The highest BCUT2D eigenvalue weighted by atomic mass is 16.3. The summed E-state index contributed by atoms with van der Waals surface area (Å²) in [6, 6.07) is 25.4. The predicted molar refractivity (Wildman–Crippen MR) is 116 cm³/mol. The average Bonchev–Trinajstić information content (AvgIpc) is 3.09. The normalized spacial score (nSPS) is 17.3. The van der Waals surface area contributed by atoms with Crippen LogP contribution >= 0.6 is 0 Å². The van der Waals surface area contributed by atoms with Gasteiger partial charge in [-0.1, -0.05) is 48.5 Å². The number of benzene rings is 3. The Hall–Kier alpha value is -3.11. The summed E-state index contributed by atoms with van der Waals surface area (Å²) in [5, 5.41) is 16.5. The molecule has 29 heavy (non-hydrogen) atoms. The first-order valence-corrected chi connectivity index (χ1v) is 10.3. The minimum absolute atomic E-state index is 0.288. The van der Waals surface area contributed by atoms with Crippen molar-refractivity contribution in [2.45, 2.75) is 13.0 Å². The Balaban J connectivity index is 1.33. The standard InChI is InChI=1S/C25H25N3O/c1-18(19-10-12-20(29)13-11-19)26-28-16-14-27(15-17-28)25-23-8-4-2-6-21(23)22-7-3-5-9-24(22)25/h2-13,25,29H,14-17H2,1H3/p+1/b26-18+. The number of hydrogen-bond donors (Lipinski definition) is 2. The Morgan fingerprint density at radius 1 is 0.862 bits per heavy atom. The fraction of sp³-hybridized carbons (Fsp3) is 0.240. The molecule has 1 aliphatic carbocycles. The van der Waals surface area contributed by atoms with Crippen LogP contribution in [-0.4, -0.2) is 42.0 Å². The van der Waals surface area contributed by atoms with E-state index in [1.165, 1.54) is 22.3 Å². The fourth-order valence-electron chi connectivity index (χ4n) is 4.74. The molecule has 0 spiro atoms. The van der Waals surface area contributed by atoms with Crippen LogP contribution in [-0.2, 0) is 0 Å². The summed E-state index contributed by atoms with van der Waals surface area (Å²) in [7, 11) is 0. The Labute approximate surface area is 171 Å². The molecule has 3 aromatic carbocycles. The van der Waals surface area contributed by atoms with E-state index in [-0.39, 0.29) is 5.75 Å². The molecule has 2 aliphatic rings. The van der Waals surface area contributed by atoms with Crippen molar-refractivity contribution in [2.75, 3.05) is 26.2 Å². The van der Waals surface area contributed by atoms with Crippen molar-refractivity contribution in [1.82, 2.24) is 5.01 Å². The van der Waals surface area contributed by atoms with E-state index < -0.39 is 0 Å². The number of nitrogens with one attached hydrogen (secondary N) is 1. The van der Waals surface area contributed by atoms with Crippen LogP contribution in [0.25, 0.3) is 11.1 Å². The molecular formula is C25H26N3O+. The second-order valence-corrected chi connectivity index (χ2v) is 7.95. The van der Waals surface area contributed by atoms with Gasteiger partial charge in [-0.3, -0.25) is 5.01 Å². The van der Waals surface area contributed by atoms with Gasteiger partial charge in [0, 0.05) is 11.1 Å². The second-order valence-electron chi connectivity index (χ2n) is 7.95. The molecule has 1 heterocycles. The number of hydrogen-bond acceptors (Lipinski definition) is 3. The highest BCUT2D eigenvalue weighted by Crippen LogP contribution is 2.41. The maximum absolute atomic E-state index is 9.48. The third-order valence-electron chi connectivity index (χ3n) is 6.20. The van der Waals surface area contributed by atoms with Gasteiger partial charge < -0.3 is 10.0 Å². The molecule has 0 amide bonds. The number of phenolic OH excluding ortho intramolecular Hbond substituents is 1. The lowest BCUT2D eigenvalue weighted by atomic mass is 10.0. The maximum Gasteiger partial charge on any atom is 0.140 e. The first-order valence-electron chi connectivity index (χ1n) is 10.3.